The zero-order valence-electron chi connectivity index (χ0n) is 11.9. The highest BCUT2D eigenvalue weighted by molar-refractivity contribution is 7.89. The molecule has 2 aromatic carbocycles. The van der Waals surface area contributed by atoms with E-state index in [-0.39, 0.29) is 10.6 Å². The molecule has 0 unspecified atom stereocenters. The highest BCUT2D eigenvalue weighted by Gasteiger charge is 2.26. The van der Waals surface area contributed by atoms with Crippen LogP contribution in [-0.4, -0.2) is 13.5 Å². The molecule has 4 N–H and O–H groups in total. The summed E-state index contributed by atoms with van der Waals surface area (Å²) in [4.78, 5) is -0.198. The van der Waals surface area contributed by atoms with Gasteiger partial charge < -0.3 is 10.6 Å². The molecule has 0 amide bonds. The van der Waals surface area contributed by atoms with Crippen LogP contribution in [0.3, 0.4) is 0 Å². The van der Waals surface area contributed by atoms with Gasteiger partial charge in [0.2, 0.25) is 15.8 Å². The predicted molar refractivity (Wildman–Crippen MR) is 83.9 cm³/mol. The SMILES string of the molecule is NS(=O)(=O)c1ccc(NC(=S)Nc2c(F)c(F)c(F)c(F)c2F)cc1. The van der Waals surface area contributed by atoms with Crippen molar-refractivity contribution < 1.29 is 30.4 Å². The molecule has 2 aromatic rings. The van der Waals surface area contributed by atoms with E-state index in [0.29, 0.717) is 0 Å². The van der Waals surface area contributed by atoms with Crippen LogP contribution in [-0.2, 0) is 10.0 Å². The summed E-state index contributed by atoms with van der Waals surface area (Å²) in [5.41, 5.74) is -1.15. The summed E-state index contributed by atoms with van der Waals surface area (Å²) >= 11 is 4.73. The minimum absolute atomic E-state index is 0.175. The maximum Gasteiger partial charge on any atom is 0.238 e. The topological polar surface area (TPSA) is 84.2 Å². The van der Waals surface area contributed by atoms with E-state index >= 15 is 0 Å². The summed E-state index contributed by atoms with van der Waals surface area (Å²) in [5.74, 6) is -10.7. The molecule has 25 heavy (non-hydrogen) atoms. The minimum atomic E-state index is -3.92. The third-order valence-corrected chi connectivity index (χ3v) is 4.02. The van der Waals surface area contributed by atoms with Crippen LogP contribution in [0.25, 0.3) is 0 Å². The molecule has 0 aliphatic carbocycles. The van der Waals surface area contributed by atoms with Crippen LogP contribution >= 0.6 is 12.2 Å². The Morgan fingerprint density at radius 2 is 1.28 bits per heavy atom. The Labute approximate surface area is 143 Å². The number of halogens is 5. The van der Waals surface area contributed by atoms with E-state index in [4.69, 9.17) is 17.4 Å². The lowest BCUT2D eigenvalue weighted by Gasteiger charge is -2.13. The van der Waals surface area contributed by atoms with E-state index in [1.807, 2.05) is 5.32 Å². The monoisotopic (exact) mass is 397 g/mol. The van der Waals surface area contributed by atoms with E-state index in [1.54, 1.807) is 0 Å². The number of rotatable bonds is 3. The number of benzene rings is 2. The van der Waals surface area contributed by atoms with Crippen molar-refractivity contribution in [1.29, 1.82) is 0 Å². The number of nitrogens with one attached hydrogen (secondary N) is 2. The van der Waals surface area contributed by atoms with E-state index in [9.17, 15) is 30.4 Å². The fourth-order valence-electron chi connectivity index (χ4n) is 1.72. The van der Waals surface area contributed by atoms with Crippen molar-refractivity contribution >= 4 is 38.7 Å². The Balaban J connectivity index is 2.22. The van der Waals surface area contributed by atoms with Gasteiger partial charge >= 0.3 is 0 Å². The van der Waals surface area contributed by atoms with Crippen molar-refractivity contribution in [2.45, 2.75) is 4.90 Å². The first-order chi connectivity index (χ1) is 11.5. The Hall–Kier alpha value is -2.31. The minimum Gasteiger partial charge on any atom is -0.332 e. The van der Waals surface area contributed by atoms with Crippen molar-refractivity contribution in [3.05, 3.63) is 53.4 Å². The van der Waals surface area contributed by atoms with Gasteiger partial charge in [-0.2, -0.15) is 0 Å². The molecule has 5 nitrogen and oxygen atoms in total. The van der Waals surface area contributed by atoms with Gasteiger partial charge in [-0.15, -0.1) is 0 Å². The first-order valence-corrected chi connectivity index (χ1v) is 8.20. The molecule has 0 saturated heterocycles. The molecule has 134 valence electrons. The quantitative estimate of drug-likeness (QED) is 0.321. The second-order valence-electron chi connectivity index (χ2n) is 4.59. The number of sulfonamides is 1. The fraction of sp³-hybridized carbons (Fsp3) is 0. The summed E-state index contributed by atoms with van der Waals surface area (Å²) in [7, 11) is -3.92. The molecule has 0 spiro atoms. The highest BCUT2D eigenvalue weighted by atomic mass is 32.2. The third-order valence-electron chi connectivity index (χ3n) is 2.89. The lowest BCUT2D eigenvalue weighted by atomic mass is 10.2. The van der Waals surface area contributed by atoms with Crippen LogP contribution < -0.4 is 15.8 Å². The van der Waals surface area contributed by atoms with Crippen molar-refractivity contribution in [1.82, 2.24) is 0 Å². The van der Waals surface area contributed by atoms with Gasteiger partial charge in [0.15, 0.2) is 28.4 Å². The average molecular weight is 397 g/mol. The molecule has 0 heterocycles. The van der Waals surface area contributed by atoms with E-state index in [0.717, 1.165) is 12.1 Å². The summed E-state index contributed by atoms with van der Waals surface area (Å²) < 4.78 is 88.4. The molecular weight excluding hydrogens is 389 g/mol. The first kappa shape index (κ1) is 19.0. The summed E-state index contributed by atoms with van der Waals surface area (Å²) in [5, 5.41) is 8.67. The molecule has 0 aromatic heterocycles. The molecule has 2 rings (SSSR count). The predicted octanol–water partition coefficient (Wildman–Crippen LogP) is 2.84. The van der Waals surface area contributed by atoms with E-state index in [2.05, 4.69) is 5.32 Å². The summed E-state index contributed by atoms with van der Waals surface area (Å²) in [6, 6.07) is 4.70. The van der Waals surface area contributed by atoms with Gasteiger partial charge in [-0.3, -0.25) is 0 Å². The van der Waals surface area contributed by atoms with Crippen molar-refractivity contribution in [2.75, 3.05) is 10.6 Å². The van der Waals surface area contributed by atoms with E-state index in [1.165, 1.54) is 12.1 Å². The van der Waals surface area contributed by atoms with Gasteiger partial charge in [0, 0.05) is 5.69 Å². The fourth-order valence-corrected chi connectivity index (χ4v) is 2.45. The van der Waals surface area contributed by atoms with Gasteiger partial charge in [0.05, 0.1) is 4.90 Å². The van der Waals surface area contributed by atoms with Crippen LogP contribution in [0.15, 0.2) is 29.2 Å². The number of hydrogen-bond acceptors (Lipinski definition) is 3. The maximum absolute atomic E-state index is 13.5. The lowest BCUT2D eigenvalue weighted by molar-refractivity contribution is 0.382. The third kappa shape index (κ3) is 4.03. The number of primary sulfonamides is 1. The van der Waals surface area contributed by atoms with Gasteiger partial charge in [0.1, 0.15) is 5.69 Å². The summed E-state index contributed by atoms with van der Waals surface area (Å²) in [6.07, 6.45) is 0. The Kier molecular flexibility index (Phi) is 5.25. The largest absolute Gasteiger partial charge is 0.332 e. The van der Waals surface area contributed by atoms with Gasteiger partial charge in [-0.1, -0.05) is 0 Å². The lowest BCUT2D eigenvalue weighted by Crippen LogP contribution is -2.22. The van der Waals surface area contributed by atoms with Crippen LogP contribution in [0, 0.1) is 29.1 Å². The molecule has 0 saturated carbocycles. The average Bonchev–Trinajstić information content (AvgIpc) is 2.55. The smallest absolute Gasteiger partial charge is 0.238 e. The first-order valence-electron chi connectivity index (χ1n) is 6.24. The molecule has 0 aliphatic rings. The van der Waals surface area contributed by atoms with Crippen molar-refractivity contribution in [3.63, 3.8) is 0 Å². The van der Waals surface area contributed by atoms with Crippen LogP contribution in [0.1, 0.15) is 0 Å². The van der Waals surface area contributed by atoms with Gasteiger partial charge in [-0.05, 0) is 36.5 Å². The van der Waals surface area contributed by atoms with Gasteiger partial charge in [0.25, 0.3) is 0 Å². The number of anilines is 2. The molecule has 0 radical (unpaired) electrons. The van der Waals surface area contributed by atoms with Gasteiger partial charge in [-0.25, -0.2) is 35.5 Å². The normalized spacial score (nSPS) is 11.3. The van der Waals surface area contributed by atoms with Crippen molar-refractivity contribution in [3.8, 4) is 0 Å². The second-order valence-corrected chi connectivity index (χ2v) is 6.56. The number of thiocarbonyl (C=S) groups is 1. The molecule has 0 fully saturated rings. The van der Waals surface area contributed by atoms with Crippen molar-refractivity contribution in [2.24, 2.45) is 5.14 Å². The van der Waals surface area contributed by atoms with Crippen LogP contribution in [0.5, 0.6) is 0 Å². The molecule has 0 bridgehead atoms. The molecule has 12 heteroatoms. The zero-order chi connectivity index (χ0) is 18.9. The Morgan fingerprint density at radius 1 is 0.840 bits per heavy atom. The Morgan fingerprint density at radius 3 is 1.72 bits per heavy atom. The standard InChI is InChI=1S/C13H8F5N3O2S2/c14-7-8(15)10(17)12(11(18)9(7)16)21-13(24)20-5-1-3-6(4-2-5)25(19,22)23/h1-4H,(H2,19,22,23)(H2,20,21,24). The van der Waals surface area contributed by atoms with Crippen LogP contribution in [0.4, 0.5) is 33.3 Å². The molecule has 0 aliphatic heterocycles. The number of hydrogen-bond donors (Lipinski definition) is 3. The zero-order valence-corrected chi connectivity index (χ0v) is 13.5. The maximum atomic E-state index is 13.5. The molecule has 0 atom stereocenters. The van der Waals surface area contributed by atoms with Crippen LogP contribution in [0.2, 0.25) is 0 Å². The second kappa shape index (κ2) is 6.90. The van der Waals surface area contributed by atoms with E-state index < -0.39 is 49.9 Å². The molecular formula is C13H8F5N3O2S2. The highest BCUT2D eigenvalue weighted by Crippen LogP contribution is 2.27. The summed E-state index contributed by atoms with van der Waals surface area (Å²) in [6.45, 7) is 0. The number of nitrogens with two attached hydrogens (primary N) is 1. The Bertz CT molecular complexity index is 920.